The molecule has 1 heterocycles. The maximum absolute atomic E-state index is 12.9. The Labute approximate surface area is 195 Å². The second-order valence-electron chi connectivity index (χ2n) is 7.61. The lowest BCUT2D eigenvalue weighted by Crippen LogP contribution is -2.48. The molecule has 2 amide bonds. The van der Waals surface area contributed by atoms with Crippen LogP contribution in [-0.2, 0) is 16.0 Å². The van der Waals surface area contributed by atoms with Crippen molar-refractivity contribution in [3.63, 3.8) is 0 Å². The van der Waals surface area contributed by atoms with Gasteiger partial charge in [-0.25, -0.2) is 0 Å². The van der Waals surface area contributed by atoms with Gasteiger partial charge in [0.25, 0.3) is 0 Å². The predicted octanol–water partition coefficient (Wildman–Crippen LogP) is 3.06. The van der Waals surface area contributed by atoms with Gasteiger partial charge in [-0.3, -0.25) is 14.6 Å². The van der Waals surface area contributed by atoms with Gasteiger partial charge in [-0.15, -0.1) is 24.8 Å². The molecule has 0 spiro atoms. The molecular weight excluding hydrogens is 439 g/mol. The lowest BCUT2D eigenvalue weighted by Gasteiger charge is -2.28. The summed E-state index contributed by atoms with van der Waals surface area (Å²) in [5.41, 5.74) is 7.12. The monoisotopic (exact) mass is 468 g/mol. The first-order chi connectivity index (χ1) is 14.0. The number of carbonyl (C=O) groups excluding carboxylic acids is 2. The van der Waals surface area contributed by atoms with E-state index in [9.17, 15) is 14.7 Å². The Balaban J connectivity index is 0.00000240. The van der Waals surface area contributed by atoms with E-state index in [1.807, 2.05) is 6.07 Å². The highest BCUT2D eigenvalue weighted by molar-refractivity contribution is 5.97. The molecule has 0 unspecified atom stereocenters. The molecule has 9 heteroatoms. The zero-order valence-electron chi connectivity index (χ0n) is 17.2. The molecule has 170 valence electrons. The van der Waals surface area contributed by atoms with Gasteiger partial charge in [-0.2, -0.15) is 0 Å². The first-order valence-electron chi connectivity index (χ1n) is 10.0. The largest absolute Gasteiger partial charge is 0.508 e. The van der Waals surface area contributed by atoms with E-state index in [1.165, 1.54) is 0 Å². The predicted molar refractivity (Wildman–Crippen MR) is 126 cm³/mol. The number of phenolic OH excluding ortho intramolecular Hbond substituents is 1. The second kappa shape index (κ2) is 13.1. The number of nitrogens with two attached hydrogens (primary N) is 1. The average molecular weight is 469 g/mol. The molecule has 1 atom stereocenters. The highest BCUT2D eigenvalue weighted by Gasteiger charge is 2.29. The average Bonchev–Trinajstić information content (AvgIpc) is 2.74. The van der Waals surface area contributed by atoms with Crippen molar-refractivity contribution < 1.29 is 14.7 Å². The fourth-order valence-corrected chi connectivity index (χ4v) is 3.74. The van der Waals surface area contributed by atoms with Crippen LogP contribution in [0.5, 0.6) is 5.75 Å². The minimum atomic E-state index is -0.746. The Bertz CT molecular complexity index is 831. The van der Waals surface area contributed by atoms with Gasteiger partial charge in [-0.1, -0.05) is 12.1 Å². The molecule has 1 aromatic carbocycles. The molecule has 1 fully saturated rings. The second-order valence-corrected chi connectivity index (χ2v) is 7.61. The fourth-order valence-electron chi connectivity index (χ4n) is 3.74. The molecule has 0 radical (unpaired) electrons. The first-order valence-corrected chi connectivity index (χ1v) is 10.0. The first kappa shape index (κ1) is 26.7. The van der Waals surface area contributed by atoms with Crippen molar-refractivity contribution >= 4 is 42.3 Å². The van der Waals surface area contributed by atoms with Crippen molar-refractivity contribution in [3.05, 3.63) is 54.4 Å². The summed E-state index contributed by atoms with van der Waals surface area (Å²) in [6.45, 7) is 0.656. The molecule has 1 saturated carbocycles. The number of anilines is 1. The van der Waals surface area contributed by atoms with E-state index in [1.54, 1.807) is 42.7 Å². The summed E-state index contributed by atoms with van der Waals surface area (Å²) >= 11 is 0. The number of nitrogens with one attached hydrogen (secondary N) is 2. The maximum Gasteiger partial charge on any atom is 0.247 e. The minimum absolute atomic E-state index is 0. The van der Waals surface area contributed by atoms with Crippen LogP contribution in [-0.4, -0.2) is 34.5 Å². The summed E-state index contributed by atoms with van der Waals surface area (Å²) < 4.78 is 0. The summed E-state index contributed by atoms with van der Waals surface area (Å²) in [7, 11) is 0. The summed E-state index contributed by atoms with van der Waals surface area (Å²) in [5, 5.41) is 15.5. The molecule has 7 nitrogen and oxygen atoms in total. The van der Waals surface area contributed by atoms with Crippen LogP contribution in [0.1, 0.15) is 31.2 Å². The number of phenols is 1. The van der Waals surface area contributed by atoms with Gasteiger partial charge in [-0.05, 0) is 68.0 Å². The van der Waals surface area contributed by atoms with E-state index < -0.39 is 6.04 Å². The van der Waals surface area contributed by atoms with E-state index in [-0.39, 0.29) is 54.7 Å². The van der Waals surface area contributed by atoms with E-state index in [0.717, 1.165) is 31.2 Å². The van der Waals surface area contributed by atoms with Crippen LogP contribution in [0.3, 0.4) is 0 Å². The fraction of sp³-hybridized carbons (Fsp3) is 0.409. The number of pyridine rings is 1. The van der Waals surface area contributed by atoms with Crippen molar-refractivity contribution in [2.24, 2.45) is 17.6 Å². The number of halogens is 2. The highest BCUT2D eigenvalue weighted by atomic mass is 35.5. The van der Waals surface area contributed by atoms with Crippen molar-refractivity contribution in [2.75, 3.05) is 11.9 Å². The minimum Gasteiger partial charge on any atom is -0.508 e. The molecule has 31 heavy (non-hydrogen) atoms. The third-order valence-corrected chi connectivity index (χ3v) is 5.48. The number of nitrogens with zero attached hydrogens (tertiary/aromatic N) is 1. The third kappa shape index (κ3) is 8.01. The number of rotatable bonds is 7. The van der Waals surface area contributed by atoms with Gasteiger partial charge >= 0.3 is 0 Å². The smallest absolute Gasteiger partial charge is 0.247 e. The van der Waals surface area contributed by atoms with Crippen LogP contribution >= 0.6 is 24.8 Å². The Morgan fingerprint density at radius 1 is 1.10 bits per heavy atom. The number of carbonyl (C=O) groups is 2. The lowest BCUT2D eigenvalue weighted by molar-refractivity contribution is -0.130. The van der Waals surface area contributed by atoms with Gasteiger partial charge in [0, 0.05) is 30.4 Å². The number of aromatic hydroxyl groups is 1. The van der Waals surface area contributed by atoms with E-state index >= 15 is 0 Å². The summed E-state index contributed by atoms with van der Waals surface area (Å²) in [5.74, 6) is 0.108. The van der Waals surface area contributed by atoms with Gasteiger partial charge in [0.2, 0.25) is 11.8 Å². The molecule has 0 bridgehead atoms. The van der Waals surface area contributed by atoms with Crippen LogP contribution in [0, 0.1) is 11.8 Å². The number of hydrogen-bond acceptors (Lipinski definition) is 5. The van der Waals surface area contributed by atoms with Crippen molar-refractivity contribution in [1.82, 2.24) is 10.3 Å². The molecule has 3 rings (SSSR count). The van der Waals surface area contributed by atoms with Crippen molar-refractivity contribution in [2.45, 2.75) is 38.1 Å². The van der Waals surface area contributed by atoms with Gasteiger partial charge in [0.15, 0.2) is 0 Å². The SMILES string of the molecule is Cl.Cl.NCC1CCC(C(=O)N[C@@H](Cc2cccc(O)c2)C(=O)Nc2ccncc2)CC1. The van der Waals surface area contributed by atoms with Crippen LogP contribution in [0.4, 0.5) is 5.69 Å². The standard InChI is InChI=1S/C22H28N4O3.2ClH/c23-14-15-4-6-17(7-5-15)21(28)26-20(13-16-2-1-3-19(27)12-16)22(29)25-18-8-10-24-11-9-18;;/h1-3,8-12,15,17,20,27H,4-7,13-14,23H2,(H,26,28)(H,24,25,29);2*1H/t15?,17?,20-;;/m0../s1. The maximum atomic E-state index is 12.9. The van der Waals surface area contributed by atoms with Gasteiger partial charge < -0.3 is 21.5 Å². The number of benzene rings is 1. The third-order valence-electron chi connectivity index (χ3n) is 5.48. The van der Waals surface area contributed by atoms with Crippen LogP contribution in [0.2, 0.25) is 0 Å². The number of hydrogen-bond donors (Lipinski definition) is 4. The number of amides is 2. The molecule has 1 aliphatic carbocycles. The van der Waals surface area contributed by atoms with Gasteiger partial charge in [0.05, 0.1) is 0 Å². The van der Waals surface area contributed by atoms with E-state index in [0.29, 0.717) is 18.2 Å². The summed E-state index contributed by atoms with van der Waals surface area (Å²) in [6, 6.07) is 9.36. The van der Waals surface area contributed by atoms with Gasteiger partial charge in [0.1, 0.15) is 11.8 Å². The Morgan fingerprint density at radius 3 is 2.39 bits per heavy atom. The highest BCUT2D eigenvalue weighted by Crippen LogP contribution is 2.28. The molecule has 0 aliphatic heterocycles. The lowest BCUT2D eigenvalue weighted by atomic mass is 9.81. The summed E-state index contributed by atoms with van der Waals surface area (Å²) in [4.78, 5) is 29.7. The van der Waals surface area contributed by atoms with E-state index in [2.05, 4.69) is 15.6 Å². The molecule has 0 saturated heterocycles. The molecule has 1 aliphatic rings. The Morgan fingerprint density at radius 2 is 1.77 bits per heavy atom. The zero-order valence-corrected chi connectivity index (χ0v) is 18.8. The van der Waals surface area contributed by atoms with Crippen LogP contribution in [0.25, 0.3) is 0 Å². The molecule has 1 aromatic heterocycles. The molecule has 5 N–H and O–H groups in total. The van der Waals surface area contributed by atoms with Crippen LogP contribution in [0.15, 0.2) is 48.8 Å². The molecule has 2 aromatic rings. The normalized spacial score (nSPS) is 18.6. The van der Waals surface area contributed by atoms with E-state index in [4.69, 9.17) is 5.73 Å². The quantitative estimate of drug-likeness (QED) is 0.497. The van der Waals surface area contributed by atoms with Crippen molar-refractivity contribution in [1.29, 1.82) is 0 Å². The Kier molecular flexibility index (Phi) is 11.3. The zero-order chi connectivity index (χ0) is 20.6. The topological polar surface area (TPSA) is 117 Å². The van der Waals surface area contributed by atoms with Crippen LogP contribution < -0.4 is 16.4 Å². The summed E-state index contributed by atoms with van der Waals surface area (Å²) in [6.07, 6.45) is 6.93. The van der Waals surface area contributed by atoms with Crippen molar-refractivity contribution in [3.8, 4) is 5.75 Å². The Hall–Kier alpha value is -2.35. The molecular formula is C22H30Cl2N4O3. The number of aromatic nitrogens is 1.